The number of esters is 2. The molecule has 5 nitrogen and oxygen atoms in total. The van der Waals surface area contributed by atoms with E-state index in [2.05, 4.69) is 135 Å². The van der Waals surface area contributed by atoms with Gasteiger partial charge in [0.05, 0.1) is 6.61 Å². The first-order valence-corrected chi connectivity index (χ1v) is 32.1. The number of ether oxygens (including phenoxy) is 2. The monoisotopic (exact) mass is 1050 g/mol. The first kappa shape index (κ1) is 72.3. The number of hydrogen-bond donors (Lipinski definition) is 1. The molecular formula is C71H120O5. The summed E-state index contributed by atoms with van der Waals surface area (Å²) < 4.78 is 10.7. The van der Waals surface area contributed by atoms with Crippen molar-refractivity contribution in [3.63, 3.8) is 0 Å². The van der Waals surface area contributed by atoms with E-state index in [0.717, 1.165) is 103 Å². The van der Waals surface area contributed by atoms with Crippen LogP contribution in [0.25, 0.3) is 0 Å². The van der Waals surface area contributed by atoms with E-state index in [1.54, 1.807) is 0 Å². The fraction of sp³-hybridized carbons (Fsp3) is 0.690. The third-order valence-electron chi connectivity index (χ3n) is 13.8. The molecule has 0 aromatic heterocycles. The summed E-state index contributed by atoms with van der Waals surface area (Å²) in [5.41, 5.74) is 0. The number of hydrogen-bond acceptors (Lipinski definition) is 5. The van der Waals surface area contributed by atoms with E-state index in [1.165, 1.54) is 167 Å². The largest absolute Gasteiger partial charge is 0.462 e. The van der Waals surface area contributed by atoms with Gasteiger partial charge < -0.3 is 14.6 Å². The standard InChI is InChI=1S/C71H120O5/c1-3-5-7-9-11-13-15-17-19-21-23-25-27-29-31-33-34-35-36-38-40-42-44-46-48-50-52-54-56-58-60-62-64-66-71(74)76-69(67-72)68-75-70(73)65-63-61-59-57-55-53-51-49-47-45-43-41-39-37-32-30-28-26-24-22-20-18-16-14-12-10-8-6-4-2/h5-8,11-14,17-20,23-26,29-32,69,72H,3-4,9-10,15-16,21-22,27-28,33-68H2,1-2H3/b7-5-,8-6-,13-11-,14-12-,19-17-,20-18-,25-23-,26-24-,31-29-,32-30-. The molecule has 0 spiro atoms. The number of rotatable bonds is 58. The highest BCUT2D eigenvalue weighted by molar-refractivity contribution is 5.70. The molecule has 0 aromatic rings. The maximum absolute atomic E-state index is 12.4. The van der Waals surface area contributed by atoms with Gasteiger partial charge in [-0.15, -0.1) is 0 Å². The Bertz CT molecular complexity index is 1520. The average Bonchev–Trinajstić information content (AvgIpc) is 3.42. The quantitative estimate of drug-likeness (QED) is 0.0373. The minimum atomic E-state index is -0.779. The molecule has 1 N–H and O–H groups in total. The number of carbonyl (C=O) groups excluding carboxylic acids is 2. The van der Waals surface area contributed by atoms with Crippen LogP contribution in [0, 0.1) is 0 Å². The van der Waals surface area contributed by atoms with E-state index in [-0.39, 0.29) is 25.2 Å². The van der Waals surface area contributed by atoms with E-state index < -0.39 is 6.10 Å². The van der Waals surface area contributed by atoms with Gasteiger partial charge in [-0.05, 0) is 103 Å². The van der Waals surface area contributed by atoms with Gasteiger partial charge >= 0.3 is 11.9 Å². The van der Waals surface area contributed by atoms with Crippen molar-refractivity contribution in [2.24, 2.45) is 0 Å². The van der Waals surface area contributed by atoms with Crippen LogP contribution in [0.3, 0.4) is 0 Å². The van der Waals surface area contributed by atoms with Crippen LogP contribution in [0.15, 0.2) is 122 Å². The summed E-state index contributed by atoms with van der Waals surface area (Å²) in [6, 6.07) is 0. The minimum Gasteiger partial charge on any atom is -0.462 e. The first-order chi connectivity index (χ1) is 37.6. The zero-order chi connectivity index (χ0) is 54.8. The topological polar surface area (TPSA) is 72.8 Å². The van der Waals surface area contributed by atoms with E-state index in [1.807, 2.05) is 0 Å². The molecule has 0 bridgehead atoms. The Kier molecular flexibility index (Phi) is 62.4. The van der Waals surface area contributed by atoms with Crippen LogP contribution in [0.5, 0.6) is 0 Å². The molecular weight excluding hydrogens is 933 g/mol. The van der Waals surface area contributed by atoms with E-state index >= 15 is 0 Å². The highest BCUT2D eigenvalue weighted by atomic mass is 16.6. The smallest absolute Gasteiger partial charge is 0.306 e. The van der Waals surface area contributed by atoms with Crippen LogP contribution in [0.4, 0.5) is 0 Å². The lowest BCUT2D eigenvalue weighted by atomic mass is 10.0. The second-order valence-electron chi connectivity index (χ2n) is 21.1. The fourth-order valence-corrected chi connectivity index (χ4v) is 9.02. The van der Waals surface area contributed by atoms with Gasteiger partial charge in [-0.3, -0.25) is 9.59 Å². The van der Waals surface area contributed by atoms with E-state index in [0.29, 0.717) is 12.8 Å². The zero-order valence-electron chi connectivity index (χ0n) is 49.7. The van der Waals surface area contributed by atoms with Crippen LogP contribution in [-0.4, -0.2) is 36.4 Å². The summed E-state index contributed by atoms with van der Waals surface area (Å²) in [7, 11) is 0. The molecule has 434 valence electrons. The Balaban J connectivity index is 3.48. The summed E-state index contributed by atoms with van der Waals surface area (Å²) in [6.45, 7) is 3.93. The Hall–Kier alpha value is -3.70. The number of unbranched alkanes of at least 4 members (excludes halogenated alkanes) is 30. The van der Waals surface area contributed by atoms with Gasteiger partial charge in [0.15, 0.2) is 6.10 Å². The van der Waals surface area contributed by atoms with E-state index in [4.69, 9.17) is 9.47 Å². The summed E-state index contributed by atoms with van der Waals surface area (Å²) >= 11 is 0. The second-order valence-corrected chi connectivity index (χ2v) is 21.1. The summed E-state index contributed by atoms with van der Waals surface area (Å²) in [5.74, 6) is -0.586. The molecule has 0 aliphatic carbocycles. The second kappa shape index (κ2) is 65.6. The number of carbonyl (C=O) groups is 2. The Morgan fingerprint density at radius 2 is 0.526 bits per heavy atom. The summed E-state index contributed by atoms with van der Waals surface area (Å²) in [6.07, 6.45) is 96.3. The van der Waals surface area contributed by atoms with Crippen molar-refractivity contribution in [1.82, 2.24) is 0 Å². The lowest BCUT2D eigenvalue weighted by Crippen LogP contribution is -2.28. The average molecular weight is 1050 g/mol. The molecule has 0 fully saturated rings. The Morgan fingerprint density at radius 3 is 0.789 bits per heavy atom. The minimum absolute atomic E-state index is 0.0694. The molecule has 0 aromatic carbocycles. The van der Waals surface area contributed by atoms with Crippen LogP contribution in [0.1, 0.15) is 296 Å². The molecule has 0 saturated heterocycles. The van der Waals surface area contributed by atoms with Gasteiger partial charge in [0, 0.05) is 12.8 Å². The number of aliphatic hydroxyl groups is 1. The number of allylic oxidation sites excluding steroid dienone is 20. The first-order valence-electron chi connectivity index (χ1n) is 32.1. The Morgan fingerprint density at radius 1 is 0.303 bits per heavy atom. The fourth-order valence-electron chi connectivity index (χ4n) is 9.02. The van der Waals surface area contributed by atoms with Crippen molar-refractivity contribution >= 4 is 11.9 Å². The summed E-state index contributed by atoms with van der Waals surface area (Å²) in [5, 5.41) is 9.69. The zero-order valence-corrected chi connectivity index (χ0v) is 49.7. The lowest BCUT2D eigenvalue weighted by Gasteiger charge is -2.15. The highest BCUT2D eigenvalue weighted by Gasteiger charge is 2.16. The Labute approximate surface area is 471 Å². The predicted molar refractivity (Wildman–Crippen MR) is 334 cm³/mol. The van der Waals surface area contributed by atoms with Crippen LogP contribution < -0.4 is 0 Å². The molecule has 0 amide bonds. The molecule has 1 atom stereocenters. The van der Waals surface area contributed by atoms with Crippen molar-refractivity contribution in [1.29, 1.82) is 0 Å². The molecule has 1 unspecified atom stereocenters. The third kappa shape index (κ3) is 62.8. The van der Waals surface area contributed by atoms with Crippen LogP contribution >= 0.6 is 0 Å². The van der Waals surface area contributed by atoms with Crippen molar-refractivity contribution in [3.05, 3.63) is 122 Å². The lowest BCUT2D eigenvalue weighted by molar-refractivity contribution is -0.161. The SMILES string of the molecule is CC/C=C\C/C=C\C/C=C\C/C=C\C/C=C\CCCCCCCCCCCCCCCCCCCC(=O)OC(CO)COC(=O)CCCCCCCCCCCCCCC/C=C\C/C=C\C/C=C\C/C=C\C/C=C\CC. The van der Waals surface area contributed by atoms with Gasteiger partial charge in [0.2, 0.25) is 0 Å². The van der Waals surface area contributed by atoms with Crippen molar-refractivity contribution in [2.45, 2.75) is 302 Å². The molecule has 5 heteroatoms. The molecule has 0 aliphatic heterocycles. The van der Waals surface area contributed by atoms with Crippen LogP contribution in [0.2, 0.25) is 0 Å². The molecule has 0 radical (unpaired) electrons. The summed E-state index contributed by atoms with van der Waals surface area (Å²) in [4.78, 5) is 24.6. The van der Waals surface area contributed by atoms with Gasteiger partial charge in [-0.25, -0.2) is 0 Å². The maximum atomic E-state index is 12.4. The van der Waals surface area contributed by atoms with Gasteiger partial charge in [0.25, 0.3) is 0 Å². The van der Waals surface area contributed by atoms with Crippen molar-refractivity contribution in [2.75, 3.05) is 13.2 Å². The molecule has 0 saturated carbocycles. The van der Waals surface area contributed by atoms with Gasteiger partial charge in [-0.1, -0.05) is 302 Å². The van der Waals surface area contributed by atoms with E-state index in [9.17, 15) is 14.7 Å². The highest BCUT2D eigenvalue weighted by Crippen LogP contribution is 2.17. The van der Waals surface area contributed by atoms with Gasteiger partial charge in [-0.2, -0.15) is 0 Å². The van der Waals surface area contributed by atoms with Gasteiger partial charge in [0.1, 0.15) is 6.61 Å². The molecule has 76 heavy (non-hydrogen) atoms. The molecule has 0 heterocycles. The number of aliphatic hydroxyl groups excluding tert-OH is 1. The van der Waals surface area contributed by atoms with Crippen molar-refractivity contribution < 1.29 is 24.2 Å². The molecule has 0 aliphatic rings. The third-order valence-corrected chi connectivity index (χ3v) is 13.8. The van der Waals surface area contributed by atoms with Crippen molar-refractivity contribution in [3.8, 4) is 0 Å². The normalized spacial score (nSPS) is 13.0. The van der Waals surface area contributed by atoms with Crippen LogP contribution in [-0.2, 0) is 19.1 Å². The maximum Gasteiger partial charge on any atom is 0.306 e. The molecule has 0 rings (SSSR count). The predicted octanol–water partition coefficient (Wildman–Crippen LogP) is 22.2.